The largest absolute Gasteiger partial charge is 0.309 e. The summed E-state index contributed by atoms with van der Waals surface area (Å²) in [7, 11) is 1.84. The van der Waals surface area contributed by atoms with E-state index in [4.69, 9.17) is 0 Å². The van der Waals surface area contributed by atoms with E-state index in [0.717, 1.165) is 9.35 Å². The zero-order valence-electron chi connectivity index (χ0n) is 8.71. The number of hydrogen-bond acceptors (Lipinski definition) is 2. The van der Waals surface area contributed by atoms with Crippen LogP contribution in [0.2, 0.25) is 0 Å². The van der Waals surface area contributed by atoms with Gasteiger partial charge < -0.3 is 5.32 Å². The summed E-state index contributed by atoms with van der Waals surface area (Å²) in [5.41, 5.74) is 0.674. The molecule has 2 aromatic rings. The Bertz CT molecular complexity index is 483. The van der Waals surface area contributed by atoms with Crippen molar-refractivity contribution in [3.8, 4) is 0 Å². The molecule has 2 rings (SSSR count). The summed E-state index contributed by atoms with van der Waals surface area (Å²) in [5.74, 6) is -0.179. The molecule has 1 aromatic heterocycles. The molecule has 0 aliphatic heterocycles. The first-order chi connectivity index (χ1) is 7.74. The fraction of sp³-hybridized carbons (Fsp3) is 0.167. The van der Waals surface area contributed by atoms with Crippen LogP contribution in [0.25, 0.3) is 0 Å². The first-order valence-corrected chi connectivity index (χ1v) is 6.56. The average Bonchev–Trinajstić information content (AvgIpc) is 2.69. The van der Waals surface area contributed by atoms with Crippen LogP contribution in [0.5, 0.6) is 0 Å². The van der Waals surface area contributed by atoms with E-state index in [1.165, 1.54) is 6.07 Å². The molecule has 4 heteroatoms. The molecule has 1 atom stereocenters. The Morgan fingerprint density at radius 1 is 1.31 bits per heavy atom. The molecule has 0 saturated carbocycles. The zero-order valence-corrected chi connectivity index (χ0v) is 11.1. The molecule has 1 N–H and O–H groups in total. The smallest absolute Gasteiger partial charge is 0.128 e. The van der Waals surface area contributed by atoms with Gasteiger partial charge in [-0.2, -0.15) is 0 Å². The highest BCUT2D eigenvalue weighted by Gasteiger charge is 2.18. The molecular formula is C12H11BrFNS. The number of halogens is 2. The van der Waals surface area contributed by atoms with Gasteiger partial charge in [0.1, 0.15) is 5.82 Å². The Labute approximate surface area is 106 Å². The van der Waals surface area contributed by atoms with Gasteiger partial charge in [0.2, 0.25) is 0 Å². The fourth-order valence-electron chi connectivity index (χ4n) is 1.65. The van der Waals surface area contributed by atoms with Crippen LogP contribution in [0.4, 0.5) is 4.39 Å². The van der Waals surface area contributed by atoms with Crippen molar-refractivity contribution in [1.29, 1.82) is 0 Å². The Morgan fingerprint density at radius 3 is 2.62 bits per heavy atom. The van der Waals surface area contributed by atoms with Crippen LogP contribution >= 0.6 is 27.3 Å². The minimum atomic E-state index is -0.179. The lowest BCUT2D eigenvalue weighted by atomic mass is 10.1. The Morgan fingerprint density at radius 2 is 2.06 bits per heavy atom. The van der Waals surface area contributed by atoms with E-state index >= 15 is 0 Å². The van der Waals surface area contributed by atoms with Gasteiger partial charge >= 0.3 is 0 Å². The lowest BCUT2D eigenvalue weighted by Gasteiger charge is -2.16. The van der Waals surface area contributed by atoms with Gasteiger partial charge in [-0.3, -0.25) is 0 Å². The third-order valence-corrected chi connectivity index (χ3v) is 4.35. The number of rotatable bonds is 3. The lowest BCUT2D eigenvalue weighted by molar-refractivity contribution is 0.579. The maximum absolute atomic E-state index is 13.7. The molecule has 0 aliphatic rings. The van der Waals surface area contributed by atoms with E-state index in [0.29, 0.717) is 5.56 Å². The highest BCUT2D eigenvalue weighted by atomic mass is 79.9. The topological polar surface area (TPSA) is 12.0 Å². The molecule has 0 spiro atoms. The third kappa shape index (κ3) is 2.19. The highest BCUT2D eigenvalue weighted by Crippen LogP contribution is 2.33. The van der Waals surface area contributed by atoms with Gasteiger partial charge in [0.25, 0.3) is 0 Å². The normalized spacial score (nSPS) is 12.7. The third-order valence-electron chi connectivity index (χ3n) is 2.41. The summed E-state index contributed by atoms with van der Waals surface area (Å²) >= 11 is 5.09. The SMILES string of the molecule is CNC(c1ccccc1F)c1sccc1Br. The van der Waals surface area contributed by atoms with E-state index in [1.54, 1.807) is 17.4 Å². The van der Waals surface area contributed by atoms with Crippen LogP contribution in [-0.2, 0) is 0 Å². The van der Waals surface area contributed by atoms with E-state index in [1.807, 2.05) is 30.6 Å². The van der Waals surface area contributed by atoms with E-state index < -0.39 is 0 Å². The molecule has 0 aliphatic carbocycles. The highest BCUT2D eigenvalue weighted by molar-refractivity contribution is 9.10. The Balaban J connectivity index is 2.45. The second-order valence-corrected chi connectivity index (χ2v) is 5.18. The monoisotopic (exact) mass is 299 g/mol. The van der Waals surface area contributed by atoms with Gasteiger partial charge in [0.05, 0.1) is 6.04 Å². The molecule has 84 valence electrons. The van der Waals surface area contributed by atoms with Crippen molar-refractivity contribution in [3.05, 3.63) is 56.4 Å². The Kier molecular flexibility index (Phi) is 3.74. The molecule has 0 amide bonds. The van der Waals surface area contributed by atoms with Gasteiger partial charge in [-0.05, 0) is 40.5 Å². The number of thiophene rings is 1. The van der Waals surface area contributed by atoms with Crippen molar-refractivity contribution >= 4 is 27.3 Å². The van der Waals surface area contributed by atoms with Crippen molar-refractivity contribution in [2.24, 2.45) is 0 Å². The van der Waals surface area contributed by atoms with Crippen LogP contribution in [-0.4, -0.2) is 7.05 Å². The molecule has 0 bridgehead atoms. The number of hydrogen-bond donors (Lipinski definition) is 1. The predicted molar refractivity (Wildman–Crippen MR) is 69.3 cm³/mol. The van der Waals surface area contributed by atoms with Gasteiger partial charge in [-0.25, -0.2) is 4.39 Å². The van der Waals surface area contributed by atoms with Gasteiger partial charge in [0, 0.05) is 14.9 Å². The first kappa shape index (κ1) is 11.8. The van der Waals surface area contributed by atoms with Crippen molar-refractivity contribution in [1.82, 2.24) is 5.32 Å². The van der Waals surface area contributed by atoms with Crippen molar-refractivity contribution in [2.75, 3.05) is 7.05 Å². The molecule has 16 heavy (non-hydrogen) atoms. The summed E-state index contributed by atoms with van der Waals surface area (Å²) < 4.78 is 14.7. The van der Waals surface area contributed by atoms with Crippen molar-refractivity contribution in [3.63, 3.8) is 0 Å². The summed E-state index contributed by atoms with van der Waals surface area (Å²) in [6.07, 6.45) is 0. The molecule has 1 aromatic carbocycles. The van der Waals surface area contributed by atoms with E-state index in [9.17, 15) is 4.39 Å². The van der Waals surface area contributed by atoms with Gasteiger partial charge in [-0.1, -0.05) is 18.2 Å². The molecular weight excluding hydrogens is 289 g/mol. The molecule has 1 unspecified atom stereocenters. The van der Waals surface area contributed by atoms with Crippen molar-refractivity contribution in [2.45, 2.75) is 6.04 Å². The van der Waals surface area contributed by atoms with E-state index in [-0.39, 0.29) is 11.9 Å². The average molecular weight is 300 g/mol. The maximum Gasteiger partial charge on any atom is 0.128 e. The second-order valence-electron chi connectivity index (χ2n) is 3.38. The van der Waals surface area contributed by atoms with Gasteiger partial charge in [0.15, 0.2) is 0 Å². The van der Waals surface area contributed by atoms with Crippen LogP contribution in [0.15, 0.2) is 40.2 Å². The molecule has 0 fully saturated rings. The predicted octanol–water partition coefficient (Wildman–Crippen LogP) is 3.96. The van der Waals surface area contributed by atoms with Crippen LogP contribution in [0, 0.1) is 5.82 Å². The molecule has 1 heterocycles. The fourth-order valence-corrected chi connectivity index (χ4v) is 3.38. The van der Waals surface area contributed by atoms with Crippen molar-refractivity contribution < 1.29 is 4.39 Å². The minimum Gasteiger partial charge on any atom is -0.309 e. The minimum absolute atomic E-state index is 0.101. The van der Waals surface area contributed by atoms with Crippen LogP contribution in [0.1, 0.15) is 16.5 Å². The Hall–Kier alpha value is -0.710. The van der Waals surface area contributed by atoms with E-state index in [2.05, 4.69) is 21.2 Å². The quantitative estimate of drug-likeness (QED) is 0.905. The molecule has 1 nitrogen and oxygen atoms in total. The number of nitrogens with one attached hydrogen (secondary N) is 1. The molecule has 0 saturated heterocycles. The summed E-state index contributed by atoms with van der Waals surface area (Å²) in [4.78, 5) is 1.09. The maximum atomic E-state index is 13.7. The first-order valence-electron chi connectivity index (χ1n) is 4.88. The standard InChI is InChI=1S/C12H11BrFNS/c1-15-11(12-9(13)6-7-16-12)8-4-2-3-5-10(8)14/h2-7,11,15H,1H3. The van der Waals surface area contributed by atoms with Crippen LogP contribution < -0.4 is 5.32 Å². The molecule has 0 radical (unpaired) electrons. The summed E-state index contributed by atoms with van der Waals surface area (Å²) in [6.45, 7) is 0. The van der Waals surface area contributed by atoms with Gasteiger partial charge in [-0.15, -0.1) is 11.3 Å². The summed E-state index contributed by atoms with van der Waals surface area (Å²) in [5, 5.41) is 5.13. The second kappa shape index (κ2) is 5.08. The zero-order chi connectivity index (χ0) is 11.5. The summed E-state index contributed by atoms with van der Waals surface area (Å²) in [6, 6.07) is 8.73. The number of benzene rings is 1. The lowest BCUT2D eigenvalue weighted by Crippen LogP contribution is -2.18. The van der Waals surface area contributed by atoms with Crippen LogP contribution in [0.3, 0.4) is 0 Å².